The van der Waals surface area contributed by atoms with Crippen molar-refractivity contribution in [1.82, 2.24) is 15.2 Å². The van der Waals surface area contributed by atoms with E-state index >= 15 is 0 Å². The van der Waals surface area contributed by atoms with Crippen LogP contribution in [-0.2, 0) is 11.3 Å². The monoisotopic (exact) mass is 285 g/mol. The average Bonchev–Trinajstić information content (AvgIpc) is 2.35. The second-order valence-corrected chi connectivity index (χ2v) is 3.89. The Morgan fingerprint density at radius 3 is 2.74 bits per heavy atom. The Morgan fingerprint density at radius 2 is 2.32 bits per heavy atom. The number of aromatic nitrogens is 1. The lowest BCUT2D eigenvalue weighted by Gasteiger charge is -2.19. The molecule has 9 heteroatoms. The van der Waals surface area contributed by atoms with E-state index in [9.17, 15) is 14.9 Å². The van der Waals surface area contributed by atoms with E-state index in [0.717, 1.165) is 4.90 Å². The zero-order valence-corrected chi connectivity index (χ0v) is 11.1. The number of halogens is 1. The maximum absolute atomic E-state index is 11.5. The van der Waals surface area contributed by atoms with Gasteiger partial charge in [-0.15, -0.1) is 0 Å². The lowest BCUT2D eigenvalue weighted by molar-refractivity contribution is -0.485. The van der Waals surface area contributed by atoms with Crippen LogP contribution < -0.4 is 5.32 Å². The first kappa shape index (κ1) is 14.8. The Kier molecular flexibility index (Phi) is 5.19. The van der Waals surface area contributed by atoms with Gasteiger partial charge < -0.3 is 5.32 Å². The van der Waals surface area contributed by atoms with Crippen LogP contribution in [0.4, 0.5) is 0 Å². The number of hydrogen-bond acceptors (Lipinski definition) is 4. The highest BCUT2D eigenvalue weighted by molar-refractivity contribution is 6.29. The van der Waals surface area contributed by atoms with E-state index in [1.807, 2.05) is 0 Å². The molecule has 0 saturated heterocycles. The summed E-state index contributed by atoms with van der Waals surface area (Å²) in [6, 6.07) is 3.24. The van der Waals surface area contributed by atoms with Gasteiger partial charge in [0, 0.05) is 20.2 Å². The van der Waals surface area contributed by atoms with Crippen LogP contribution in [0.3, 0.4) is 0 Å². The van der Waals surface area contributed by atoms with Crippen LogP contribution in [-0.4, -0.2) is 33.8 Å². The van der Waals surface area contributed by atoms with Crippen molar-refractivity contribution in [2.45, 2.75) is 13.5 Å². The van der Waals surface area contributed by atoms with Crippen molar-refractivity contribution in [3.63, 3.8) is 0 Å². The molecule has 0 saturated carbocycles. The minimum atomic E-state index is -0.873. The molecule has 0 spiro atoms. The highest BCUT2D eigenvalue weighted by atomic mass is 35.5. The van der Waals surface area contributed by atoms with Gasteiger partial charge in [-0.2, -0.15) is 0 Å². The molecule has 8 nitrogen and oxygen atoms in total. The number of nitrogens with one attached hydrogen (secondary N) is 1. The first-order valence-corrected chi connectivity index (χ1v) is 5.61. The smallest absolute Gasteiger partial charge is 0.278 e. The van der Waals surface area contributed by atoms with Crippen LogP contribution in [0.5, 0.6) is 0 Å². The van der Waals surface area contributed by atoms with Crippen molar-refractivity contribution in [3.8, 4) is 0 Å². The number of guanidine groups is 1. The molecule has 0 radical (unpaired) electrons. The predicted molar refractivity (Wildman–Crippen MR) is 69.0 cm³/mol. The van der Waals surface area contributed by atoms with Gasteiger partial charge in [0.15, 0.2) is 5.03 Å². The molecule has 0 bridgehead atoms. The summed E-state index contributed by atoms with van der Waals surface area (Å²) in [5, 5.41) is 15.5. The fraction of sp³-hybridized carbons (Fsp3) is 0.300. The van der Waals surface area contributed by atoms with Gasteiger partial charge in [-0.3, -0.25) is 9.69 Å². The molecule has 0 unspecified atom stereocenters. The Bertz CT molecular complexity index is 502. The quantitative estimate of drug-likeness (QED) is 0.292. The normalized spacial score (nSPS) is 11.0. The lowest BCUT2D eigenvalue weighted by Crippen LogP contribution is -2.42. The third-order valence-corrected chi connectivity index (χ3v) is 2.39. The van der Waals surface area contributed by atoms with E-state index in [1.165, 1.54) is 20.2 Å². The molecule has 0 aliphatic rings. The minimum Gasteiger partial charge on any atom is -0.354 e. The van der Waals surface area contributed by atoms with E-state index in [2.05, 4.69) is 15.4 Å². The van der Waals surface area contributed by atoms with E-state index in [0.29, 0.717) is 10.7 Å². The summed E-state index contributed by atoms with van der Waals surface area (Å²) in [4.78, 5) is 26.9. The van der Waals surface area contributed by atoms with Crippen molar-refractivity contribution < 1.29 is 9.83 Å². The molecule has 0 aliphatic carbocycles. The Balaban J connectivity index is 2.98. The van der Waals surface area contributed by atoms with Gasteiger partial charge in [-0.1, -0.05) is 17.7 Å². The molecule has 1 rings (SSSR count). The number of carbonyl (C=O) groups excluding carboxylic acids is 1. The number of rotatable bonds is 3. The molecule has 1 aromatic heterocycles. The molecule has 19 heavy (non-hydrogen) atoms. The summed E-state index contributed by atoms with van der Waals surface area (Å²) in [5.41, 5.74) is 0.672. The molecule has 102 valence electrons. The molecule has 0 atom stereocenters. The van der Waals surface area contributed by atoms with Gasteiger partial charge in [-0.05, 0) is 11.6 Å². The SMILES string of the molecule is CN/C(=N\[N+](=O)[O-])N(Cc1ccc(Cl)nc1)C(C)=O. The van der Waals surface area contributed by atoms with Gasteiger partial charge in [-0.25, -0.2) is 15.1 Å². The molecule has 0 fully saturated rings. The summed E-state index contributed by atoms with van der Waals surface area (Å²) in [5.74, 6) is -0.530. The van der Waals surface area contributed by atoms with Crippen LogP contribution in [0.15, 0.2) is 23.4 Å². The predicted octanol–water partition coefficient (Wildman–Crippen LogP) is 0.851. The summed E-state index contributed by atoms with van der Waals surface area (Å²) in [7, 11) is 1.44. The number of hydrazone groups is 1. The first-order chi connectivity index (χ1) is 8.93. The molecule has 0 aromatic carbocycles. The zero-order chi connectivity index (χ0) is 14.4. The zero-order valence-electron chi connectivity index (χ0n) is 10.3. The van der Waals surface area contributed by atoms with Gasteiger partial charge in [0.05, 0.1) is 6.54 Å². The van der Waals surface area contributed by atoms with Crippen molar-refractivity contribution in [2.75, 3.05) is 7.05 Å². The number of carbonyl (C=O) groups is 1. The van der Waals surface area contributed by atoms with Gasteiger partial charge >= 0.3 is 0 Å². The molecular weight excluding hydrogens is 274 g/mol. The van der Waals surface area contributed by atoms with Gasteiger partial charge in [0.1, 0.15) is 10.3 Å². The Morgan fingerprint density at radius 1 is 1.63 bits per heavy atom. The fourth-order valence-electron chi connectivity index (χ4n) is 1.33. The molecule has 0 aliphatic heterocycles. The summed E-state index contributed by atoms with van der Waals surface area (Å²) in [6.45, 7) is 1.39. The van der Waals surface area contributed by atoms with Gasteiger partial charge in [0.2, 0.25) is 5.91 Å². The van der Waals surface area contributed by atoms with Crippen molar-refractivity contribution in [1.29, 1.82) is 0 Å². The standard InChI is InChI=1S/C10H12ClN5O3/c1-7(17)15(10(12-2)14-16(18)19)6-8-3-4-9(11)13-5-8/h3-5H,6H2,1-2H3,(H,12,14). The second-order valence-electron chi connectivity index (χ2n) is 3.51. The highest BCUT2D eigenvalue weighted by Gasteiger charge is 2.18. The highest BCUT2D eigenvalue weighted by Crippen LogP contribution is 2.08. The maximum Gasteiger partial charge on any atom is 0.278 e. The van der Waals surface area contributed by atoms with Crippen LogP contribution in [0.25, 0.3) is 0 Å². The summed E-state index contributed by atoms with van der Waals surface area (Å²) in [6.07, 6.45) is 1.48. The molecular formula is C10H12ClN5O3. The van der Waals surface area contributed by atoms with Crippen LogP contribution in [0, 0.1) is 10.1 Å². The van der Waals surface area contributed by atoms with E-state index < -0.39 is 5.03 Å². The molecule has 1 heterocycles. The largest absolute Gasteiger partial charge is 0.354 e. The van der Waals surface area contributed by atoms with Crippen molar-refractivity contribution in [2.24, 2.45) is 5.10 Å². The fourth-order valence-corrected chi connectivity index (χ4v) is 1.45. The number of pyridine rings is 1. The van der Waals surface area contributed by atoms with Crippen molar-refractivity contribution >= 4 is 23.5 Å². The van der Waals surface area contributed by atoms with E-state index in [-0.39, 0.29) is 18.4 Å². The Labute approximate surface area is 114 Å². The average molecular weight is 286 g/mol. The molecule has 1 N–H and O–H groups in total. The third-order valence-electron chi connectivity index (χ3n) is 2.17. The van der Waals surface area contributed by atoms with Crippen molar-refractivity contribution in [3.05, 3.63) is 39.2 Å². The number of amides is 1. The van der Waals surface area contributed by atoms with Crippen LogP contribution in [0.1, 0.15) is 12.5 Å². The third kappa shape index (κ3) is 4.51. The Hall–Kier alpha value is -2.22. The van der Waals surface area contributed by atoms with Crippen LogP contribution >= 0.6 is 11.6 Å². The summed E-state index contributed by atoms with van der Waals surface area (Å²) >= 11 is 5.65. The minimum absolute atomic E-state index is 0.104. The number of nitrogens with zero attached hydrogens (tertiary/aromatic N) is 4. The molecule has 1 amide bonds. The number of hydrogen-bond donors (Lipinski definition) is 1. The van der Waals surface area contributed by atoms with E-state index in [1.54, 1.807) is 12.1 Å². The number of nitro groups is 1. The topological polar surface area (TPSA) is 101 Å². The lowest BCUT2D eigenvalue weighted by atomic mass is 10.2. The first-order valence-electron chi connectivity index (χ1n) is 5.23. The molecule has 1 aromatic rings. The second kappa shape index (κ2) is 6.64. The van der Waals surface area contributed by atoms with E-state index in [4.69, 9.17) is 11.6 Å². The van der Waals surface area contributed by atoms with Gasteiger partial charge in [0.25, 0.3) is 5.96 Å². The van der Waals surface area contributed by atoms with Crippen LogP contribution in [0.2, 0.25) is 5.15 Å². The summed E-state index contributed by atoms with van der Waals surface area (Å²) < 4.78 is 0. The maximum atomic E-state index is 11.5.